The van der Waals surface area contributed by atoms with Gasteiger partial charge >= 0.3 is 5.97 Å². The maximum Gasteiger partial charge on any atom is 0.361 e. The summed E-state index contributed by atoms with van der Waals surface area (Å²) in [5.41, 5.74) is -1.66. The number of hydrogen-bond acceptors (Lipinski definition) is 5. The summed E-state index contributed by atoms with van der Waals surface area (Å²) in [4.78, 5) is 24.0. The second-order valence-corrected chi connectivity index (χ2v) is 6.39. The molecule has 1 amide bonds. The van der Waals surface area contributed by atoms with Crippen LogP contribution in [0.5, 0.6) is 0 Å². The Morgan fingerprint density at radius 3 is 2.83 bits per heavy atom. The highest BCUT2D eigenvalue weighted by molar-refractivity contribution is 9.10. The number of rotatable bonds is 2. The maximum absolute atomic E-state index is 14.2. The second kappa shape index (κ2) is 5.62. The fraction of sp³-hybridized carbons (Fsp3) is 0.286. The second-order valence-electron chi connectivity index (χ2n) is 5.47. The highest BCUT2D eigenvalue weighted by Gasteiger charge is 2.41. The number of methoxy groups -OCH3 is 1. The van der Waals surface area contributed by atoms with Gasteiger partial charge in [0.25, 0.3) is 5.91 Å². The van der Waals surface area contributed by atoms with Gasteiger partial charge < -0.3 is 10.1 Å². The van der Waals surface area contributed by atoms with Crippen molar-refractivity contribution in [2.75, 3.05) is 7.11 Å². The minimum absolute atomic E-state index is 0.0368. The van der Waals surface area contributed by atoms with Gasteiger partial charge in [0.15, 0.2) is 17.3 Å². The summed E-state index contributed by atoms with van der Waals surface area (Å²) in [7, 11) is 1.15. The lowest BCUT2D eigenvalue weighted by atomic mass is 9.89. The van der Waals surface area contributed by atoms with E-state index in [1.807, 2.05) is 0 Å². The van der Waals surface area contributed by atoms with Crippen LogP contribution in [0.15, 0.2) is 16.6 Å². The van der Waals surface area contributed by atoms with Gasteiger partial charge in [0.1, 0.15) is 0 Å². The summed E-state index contributed by atoms with van der Waals surface area (Å²) in [6.45, 7) is 1.49. The number of hydrogen-bond donors (Lipinski definition) is 1. The molecule has 10 heteroatoms. The van der Waals surface area contributed by atoms with Crippen LogP contribution in [0.2, 0.25) is 0 Å². The standard InChI is InChI=1S/C14H11BrF2N4O3/c1-14(7-3-6(15)4-8(16)9(7)17)5-21-11(12(22)18-14)10(19-20-21)13(23)24-2/h3-4H,5H2,1-2H3,(H,18,22)/t14-/m0/s1. The third-order valence-electron chi connectivity index (χ3n) is 3.77. The third-order valence-corrected chi connectivity index (χ3v) is 4.23. The molecule has 2 heterocycles. The number of fused-ring (bicyclic) bond motifs is 1. The van der Waals surface area contributed by atoms with Crippen molar-refractivity contribution in [3.63, 3.8) is 0 Å². The highest BCUT2D eigenvalue weighted by Crippen LogP contribution is 2.32. The van der Waals surface area contributed by atoms with E-state index >= 15 is 0 Å². The highest BCUT2D eigenvalue weighted by atomic mass is 79.9. The van der Waals surface area contributed by atoms with Crippen LogP contribution in [0, 0.1) is 11.6 Å². The number of carbonyl (C=O) groups is 2. The van der Waals surface area contributed by atoms with Gasteiger partial charge in [-0.3, -0.25) is 4.79 Å². The molecule has 0 aliphatic carbocycles. The van der Waals surface area contributed by atoms with Gasteiger partial charge in [0.2, 0.25) is 5.69 Å². The van der Waals surface area contributed by atoms with Gasteiger partial charge in [-0.1, -0.05) is 21.1 Å². The van der Waals surface area contributed by atoms with Crippen LogP contribution in [0.25, 0.3) is 0 Å². The fourth-order valence-corrected chi connectivity index (χ4v) is 3.07. The molecule has 0 radical (unpaired) electrons. The molecule has 1 aliphatic heterocycles. The predicted molar refractivity (Wildman–Crippen MR) is 80.2 cm³/mol. The van der Waals surface area contributed by atoms with Crippen molar-refractivity contribution in [3.05, 3.63) is 45.2 Å². The Balaban J connectivity index is 2.10. The fourth-order valence-electron chi connectivity index (χ4n) is 2.64. The van der Waals surface area contributed by atoms with Crippen LogP contribution >= 0.6 is 15.9 Å². The zero-order valence-electron chi connectivity index (χ0n) is 12.6. The molecule has 24 heavy (non-hydrogen) atoms. The molecule has 0 unspecified atom stereocenters. The number of nitrogens with zero attached hydrogens (tertiary/aromatic N) is 3. The van der Waals surface area contributed by atoms with Crippen molar-refractivity contribution in [2.24, 2.45) is 0 Å². The number of carbonyl (C=O) groups excluding carboxylic acids is 2. The van der Waals surface area contributed by atoms with E-state index in [1.165, 1.54) is 17.7 Å². The van der Waals surface area contributed by atoms with E-state index < -0.39 is 29.0 Å². The number of amides is 1. The van der Waals surface area contributed by atoms with Gasteiger partial charge in [0, 0.05) is 10.0 Å². The Hall–Kier alpha value is -2.36. The summed E-state index contributed by atoms with van der Waals surface area (Å²) in [6, 6.07) is 2.37. The van der Waals surface area contributed by atoms with E-state index in [-0.39, 0.29) is 23.5 Å². The number of esters is 1. The van der Waals surface area contributed by atoms with Crippen molar-refractivity contribution in [1.29, 1.82) is 0 Å². The summed E-state index contributed by atoms with van der Waals surface area (Å²) in [5.74, 6) is -3.61. The van der Waals surface area contributed by atoms with E-state index in [9.17, 15) is 18.4 Å². The molecule has 7 nitrogen and oxygen atoms in total. The lowest BCUT2D eigenvalue weighted by Crippen LogP contribution is -2.52. The Labute approximate surface area is 143 Å². The maximum atomic E-state index is 14.2. The number of aromatic nitrogens is 3. The summed E-state index contributed by atoms with van der Waals surface area (Å²) < 4.78 is 34.0. The van der Waals surface area contributed by atoms with Crippen molar-refractivity contribution >= 4 is 27.8 Å². The van der Waals surface area contributed by atoms with Gasteiger partial charge in [-0.2, -0.15) is 0 Å². The normalized spacial score (nSPS) is 19.6. The van der Waals surface area contributed by atoms with E-state index in [4.69, 9.17) is 0 Å². The summed E-state index contributed by atoms with van der Waals surface area (Å²) in [5, 5.41) is 9.98. The van der Waals surface area contributed by atoms with Crippen LogP contribution in [-0.2, 0) is 16.8 Å². The monoisotopic (exact) mass is 400 g/mol. The molecule has 3 rings (SSSR count). The van der Waals surface area contributed by atoms with Crippen molar-refractivity contribution in [3.8, 4) is 0 Å². The topological polar surface area (TPSA) is 86.1 Å². The molecule has 1 aromatic carbocycles. The SMILES string of the molecule is COC(=O)c1nnn2c1C(=O)N[C@](C)(c1cc(Br)cc(F)c1F)C2. The minimum atomic E-state index is -1.28. The van der Waals surface area contributed by atoms with Crippen LogP contribution in [0.4, 0.5) is 8.78 Å². The van der Waals surface area contributed by atoms with E-state index in [0.717, 1.165) is 13.2 Å². The van der Waals surface area contributed by atoms with E-state index in [0.29, 0.717) is 4.47 Å². The first-order valence-electron chi connectivity index (χ1n) is 6.76. The first kappa shape index (κ1) is 16.5. The van der Waals surface area contributed by atoms with Gasteiger partial charge in [0.05, 0.1) is 19.2 Å². The predicted octanol–water partition coefficient (Wildman–Crippen LogP) is 1.76. The quantitative estimate of drug-likeness (QED) is 0.613. The molecule has 2 aromatic rings. The molecule has 126 valence electrons. The van der Waals surface area contributed by atoms with Crippen LogP contribution in [-0.4, -0.2) is 34.0 Å². The molecule has 1 aliphatic rings. The molecule has 1 atom stereocenters. The third kappa shape index (κ3) is 2.46. The summed E-state index contributed by atoms with van der Waals surface area (Å²) in [6.07, 6.45) is 0. The average Bonchev–Trinajstić information content (AvgIpc) is 2.93. The smallest absolute Gasteiger partial charge is 0.361 e. The lowest BCUT2D eigenvalue weighted by molar-refractivity contribution is 0.0586. The molecule has 0 bridgehead atoms. The number of ether oxygens (including phenoxy) is 1. The Kier molecular flexibility index (Phi) is 3.86. The van der Waals surface area contributed by atoms with Crippen LogP contribution in [0.3, 0.4) is 0 Å². The number of halogens is 3. The molecule has 0 saturated heterocycles. The zero-order valence-corrected chi connectivity index (χ0v) is 14.1. The Morgan fingerprint density at radius 2 is 2.17 bits per heavy atom. The minimum Gasteiger partial charge on any atom is -0.464 e. The lowest BCUT2D eigenvalue weighted by Gasteiger charge is -2.35. The first-order chi connectivity index (χ1) is 11.3. The summed E-state index contributed by atoms with van der Waals surface area (Å²) >= 11 is 3.10. The van der Waals surface area contributed by atoms with Crippen molar-refractivity contribution in [1.82, 2.24) is 20.3 Å². The molecule has 0 fully saturated rings. The average molecular weight is 401 g/mol. The first-order valence-corrected chi connectivity index (χ1v) is 7.55. The van der Waals surface area contributed by atoms with E-state index in [2.05, 4.69) is 36.3 Å². The van der Waals surface area contributed by atoms with Crippen LogP contribution in [0.1, 0.15) is 33.5 Å². The molecule has 1 aromatic heterocycles. The Morgan fingerprint density at radius 1 is 1.46 bits per heavy atom. The number of nitrogens with one attached hydrogen (secondary N) is 1. The zero-order chi connectivity index (χ0) is 17.6. The largest absolute Gasteiger partial charge is 0.464 e. The molecular formula is C14H11BrF2N4O3. The molecule has 0 saturated carbocycles. The van der Waals surface area contributed by atoms with Gasteiger partial charge in [-0.05, 0) is 19.1 Å². The Bertz CT molecular complexity index is 870. The molecule has 0 spiro atoms. The van der Waals surface area contributed by atoms with Crippen molar-refractivity contribution < 1.29 is 23.1 Å². The van der Waals surface area contributed by atoms with E-state index in [1.54, 1.807) is 0 Å². The van der Waals surface area contributed by atoms with Gasteiger partial charge in [-0.15, -0.1) is 5.10 Å². The number of benzene rings is 1. The molecular weight excluding hydrogens is 390 g/mol. The molecule has 1 N–H and O–H groups in total. The van der Waals surface area contributed by atoms with Crippen LogP contribution < -0.4 is 5.32 Å². The van der Waals surface area contributed by atoms with Crippen molar-refractivity contribution in [2.45, 2.75) is 19.0 Å². The van der Waals surface area contributed by atoms with Gasteiger partial charge in [-0.25, -0.2) is 18.3 Å².